The maximum Gasteiger partial charge on any atom is 0.372 e. The Kier molecular flexibility index (Phi) is 3.01. The Bertz CT molecular complexity index is 499. The SMILES string of the molecule is CSc1ccc(-c2ccoc2C(=O)O)cc1. The second-order valence-corrected chi connectivity index (χ2v) is 4.08. The maximum atomic E-state index is 10.9. The highest BCUT2D eigenvalue weighted by Crippen LogP contribution is 2.26. The first-order valence-electron chi connectivity index (χ1n) is 4.67. The van der Waals surface area contributed by atoms with Gasteiger partial charge in [-0.1, -0.05) is 12.1 Å². The number of hydrogen-bond donors (Lipinski definition) is 1. The molecule has 0 aliphatic heterocycles. The van der Waals surface area contributed by atoms with Crippen LogP contribution in [-0.2, 0) is 0 Å². The van der Waals surface area contributed by atoms with Crippen molar-refractivity contribution in [3.05, 3.63) is 42.4 Å². The van der Waals surface area contributed by atoms with E-state index in [1.165, 1.54) is 6.26 Å². The topological polar surface area (TPSA) is 50.4 Å². The van der Waals surface area contributed by atoms with Gasteiger partial charge in [-0.25, -0.2) is 4.79 Å². The molecular formula is C12H10O3S. The van der Waals surface area contributed by atoms with Crippen LogP contribution in [0.5, 0.6) is 0 Å². The Labute approximate surface area is 97.1 Å². The summed E-state index contributed by atoms with van der Waals surface area (Å²) in [6.07, 6.45) is 3.39. The molecule has 1 heterocycles. The summed E-state index contributed by atoms with van der Waals surface area (Å²) in [6, 6.07) is 9.36. The number of furan rings is 1. The monoisotopic (exact) mass is 234 g/mol. The van der Waals surface area contributed by atoms with Gasteiger partial charge in [0, 0.05) is 10.5 Å². The van der Waals surface area contributed by atoms with E-state index < -0.39 is 5.97 Å². The van der Waals surface area contributed by atoms with Gasteiger partial charge in [-0.15, -0.1) is 11.8 Å². The quantitative estimate of drug-likeness (QED) is 0.827. The molecule has 1 N–H and O–H groups in total. The molecule has 1 aromatic carbocycles. The molecule has 0 aliphatic rings. The van der Waals surface area contributed by atoms with Crippen molar-refractivity contribution in [1.29, 1.82) is 0 Å². The van der Waals surface area contributed by atoms with Crippen LogP contribution in [-0.4, -0.2) is 17.3 Å². The molecule has 0 atom stereocenters. The summed E-state index contributed by atoms with van der Waals surface area (Å²) in [4.78, 5) is 12.0. The highest BCUT2D eigenvalue weighted by atomic mass is 32.2. The van der Waals surface area contributed by atoms with Crippen molar-refractivity contribution in [3.63, 3.8) is 0 Å². The van der Waals surface area contributed by atoms with Crippen LogP contribution >= 0.6 is 11.8 Å². The number of carboxylic acids is 1. The zero-order chi connectivity index (χ0) is 11.5. The molecule has 16 heavy (non-hydrogen) atoms. The minimum atomic E-state index is -1.05. The van der Waals surface area contributed by atoms with Crippen LogP contribution in [0.4, 0.5) is 0 Å². The fraction of sp³-hybridized carbons (Fsp3) is 0.0833. The van der Waals surface area contributed by atoms with Crippen LogP contribution < -0.4 is 0 Å². The molecule has 82 valence electrons. The molecule has 0 fully saturated rings. The largest absolute Gasteiger partial charge is 0.475 e. The minimum absolute atomic E-state index is 0.0168. The molecule has 2 rings (SSSR count). The second-order valence-electron chi connectivity index (χ2n) is 3.20. The van der Waals surface area contributed by atoms with E-state index in [0.717, 1.165) is 10.5 Å². The van der Waals surface area contributed by atoms with Crippen molar-refractivity contribution in [2.24, 2.45) is 0 Å². The number of aromatic carboxylic acids is 1. The zero-order valence-electron chi connectivity index (χ0n) is 8.64. The van der Waals surface area contributed by atoms with Crippen LogP contribution in [0, 0.1) is 0 Å². The lowest BCUT2D eigenvalue weighted by molar-refractivity contribution is 0.0663. The fourth-order valence-electron chi connectivity index (χ4n) is 1.47. The molecule has 1 aromatic heterocycles. The van der Waals surface area contributed by atoms with Crippen molar-refractivity contribution in [2.75, 3.05) is 6.26 Å². The van der Waals surface area contributed by atoms with Crippen molar-refractivity contribution in [1.82, 2.24) is 0 Å². The Hall–Kier alpha value is -1.68. The van der Waals surface area contributed by atoms with Crippen LogP contribution in [0.15, 0.2) is 45.9 Å². The number of carboxylic acid groups (broad SMARTS) is 1. The summed E-state index contributed by atoms with van der Waals surface area (Å²) >= 11 is 1.65. The third-order valence-electron chi connectivity index (χ3n) is 2.26. The summed E-state index contributed by atoms with van der Waals surface area (Å²) in [5.41, 5.74) is 1.46. The van der Waals surface area contributed by atoms with Gasteiger partial charge in [0.15, 0.2) is 0 Å². The molecule has 0 aliphatic carbocycles. The molecule has 0 radical (unpaired) electrons. The number of carbonyl (C=O) groups is 1. The van der Waals surface area contributed by atoms with E-state index in [4.69, 9.17) is 9.52 Å². The van der Waals surface area contributed by atoms with Crippen molar-refractivity contribution in [2.45, 2.75) is 4.90 Å². The van der Waals surface area contributed by atoms with Gasteiger partial charge in [0.25, 0.3) is 0 Å². The first-order chi connectivity index (χ1) is 7.72. The normalized spacial score (nSPS) is 10.3. The number of rotatable bonds is 3. The van der Waals surface area contributed by atoms with E-state index in [1.54, 1.807) is 17.8 Å². The van der Waals surface area contributed by atoms with E-state index >= 15 is 0 Å². The van der Waals surface area contributed by atoms with Crippen molar-refractivity contribution in [3.8, 4) is 11.1 Å². The predicted molar refractivity (Wildman–Crippen MR) is 62.9 cm³/mol. The lowest BCUT2D eigenvalue weighted by atomic mass is 10.1. The van der Waals surface area contributed by atoms with Gasteiger partial charge >= 0.3 is 5.97 Å². The van der Waals surface area contributed by atoms with Crippen molar-refractivity contribution >= 4 is 17.7 Å². The standard InChI is InChI=1S/C12H10O3S/c1-16-9-4-2-8(3-5-9)10-6-7-15-11(10)12(13)14/h2-7H,1H3,(H,13,14). The van der Waals surface area contributed by atoms with Gasteiger partial charge in [-0.2, -0.15) is 0 Å². The summed E-state index contributed by atoms with van der Waals surface area (Å²) in [5.74, 6) is -1.06. The third kappa shape index (κ3) is 1.97. The van der Waals surface area contributed by atoms with E-state index in [2.05, 4.69) is 0 Å². The minimum Gasteiger partial charge on any atom is -0.475 e. The summed E-state index contributed by atoms with van der Waals surface area (Å²) in [6.45, 7) is 0. The van der Waals surface area contributed by atoms with Gasteiger partial charge in [0.2, 0.25) is 5.76 Å². The molecule has 4 heteroatoms. The molecule has 0 spiro atoms. The van der Waals surface area contributed by atoms with Gasteiger partial charge in [-0.3, -0.25) is 0 Å². The average Bonchev–Trinajstić information content (AvgIpc) is 2.78. The van der Waals surface area contributed by atoms with E-state index in [0.29, 0.717) is 5.56 Å². The smallest absolute Gasteiger partial charge is 0.372 e. The van der Waals surface area contributed by atoms with Gasteiger partial charge in [0.1, 0.15) is 0 Å². The van der Waals surface area contributed by atoms with Crippen molar-refractivity contribution < 1.29 is 14.3 Å². The van der Waals surface area contributed by atoms with Crippen LogP contribution in [0.3, 0.4) is 0 Å². The zero-order valence-corrected chi connectivity index (χ0v) is 9.45. The highest BCUT2D eigenvalue weighted by Gasteiger charge is 2.14. The Balaban J connectivity index is 2.42. The Morgan fingerprint density at radius 3 is 2.50 bits per heavy atom. The summed E-state index contributed by atoms with van der Waals surface area (Å²) in [7, 11) is 0. The van der Waals surface area contributed by atoms with Crippen LogP contribution in [0.1, 0.15) is 10.6 Å². The molecule has 0 unspecified atom stereocenters. The first kappa shape index (κ1) is 10.8. The Morgan fingerprint density at radius 2 is 1.94 bits per heavy atom. The van der Waals surface area contributed by atoms with Gasteiger partial charge in [0.05, 0.1) is 6.26 Å². The molecule has 0 amide bonds. The van der Waals surface area contributed by atoms with Gasteiger partial charge in [-0.05, 0) is 30.0 Å². The lowest BCUT2D eigenvalue weighted by Crippen LogP contribution is -1.95. The molecule has 0 bridgehead atoms. The van der Waals surface area contributed by atoms with Crippen LogP contribution in [0.25, 0.3) is 11.1 Å². The molecule has 0 saturated heterocycles. The molecule has 0 saturated carbocycles. The number of benzene rings is 1. The van der Waals surface area contributed by atoms with E-state index in [-0.39, 0.29) is 5.76 Å². The molecular weight excluding hydrogens is 224 g/mol. The molecule has 2 aromatic rings. The number of thioether (sulfide) groups is 1. The lowest BCUT2D eigenvalue weighted by Gasteiger charge is -2.01. The predicted octanol–water partition coefficient (Wildman–Crippen LogP) is 3.37. The van der Waals surface area contributed by atoms with E-state index in [9.17, 15) is 4.79 Å². The first-order valence-corrected chi connectivity index (χ1v) is 5.90. The highest BCUT2D eigenvalue weighted by molar-refractivity contribution is 7.98. The van der Waals surface area contributed by atoms with E-state index in [1.807, 2.05) is 30.5 Å². The molecule has 3 nitrogen and oxygen atoms in total. The van der Waals surface area contributed by atoms with Gasteiger partial charge < -0.3 is 9.52 Å². The summed E-state index contributed by atoms with van der Waals surface area (Å²) < 4.78 is 4.93. The number of hydrogen-bond acceptors (Lipinski definition) is 3. The fourth-order valence-corrected chi connectivity index (χ4v) is 1.88. The maximum absolute atomic E-state index is 10.9. The summed E-state index contributed by atoms with van der Waals surface area (Å²) in [5, 5.41) is 8.92. The van der Waals surface area contributed by atoms with Crippen LogP contribution in [0.2, 0.25) is 0 Å². The Morgan fingerprint density at radius 1 is 1.25 bits per heavy atom. The average molecular weight is 234 g/mol. The second kappa shape index (κ2) is 4.45. The third-order valence-corrected chi connectivity index (χ3v) is 3.00.